The van der Waals surface area contributed by atoms with E-state index in [0.717, 1.165) is 18.7 Å². The van der Waals surface area contributed by atoms with Gasteiger partial charge in [0.15, 0.2) is 11.9 Å². The van der Waals surface area contributed by atoms with Crippen molar-refractivity contribution in [3.8, 4) is 23.3 Å². The number of hydrogen-bond acceptors (Lipinski definition) is 9. The number of benzene rings is 1. The van der Waals surface area contributed by atoms with Gasteiger partial charge in [-0.2, -0.15) is 38.3 Å². The standard InChI is InChI=1S/C23H28N8.C10H13F3O2S.Eu/c1-3-5-15-29(16-6-4-2)20-11-9-19(10-12-20)21-26-22(30-17-7-13-24-30)28-23(27-21)31-18-8-14-25-31;1-2-15-9(10(11,12)13)6-7(14)8-4-3-5-16-8;/h7-14,17-18H,3-6,15-16H2,1-2H3;3-5,7,9,14H,2,6H2,1H3;. The molecule has 10 nitrogen and oxygen atoms in total. The van der Waals surface area contributed by atoms with Crippen molar-refractivity contribution in [3.05, 3.63) is 83.6 Å². The fraction of sp³-hybridized carbons (Fsp3) is 0.424. The van der Waals surface area contributed by atoms with Crippen molar-refractivity contribution in [2.75, 3.05) is 24.6 Å². The predicted molar refractivity (Wildman–Crippen MR) is 177 cm³/mol. The molecule has 0 fully saturated rings. The second-order valence-corrected chi connectivity index (χ2v) is 11.6. The van der Waals surface area contributed by atoms with Gasteiger partial charge in [0, 0.05) is 116 Å². The predicted octanol–water partition coefficient (Wildman–Crippen LogP) is 7.46. The number of thiophene rings is 1. The molecule has 0 amide bonds. The van der Waals surface area contributed by atoms with Gasteiger partial charge >= 0.3 is 6.18 Å². The van der Waals surface area contributed by atoms with Gasteiger partial charge in [0.1, 0.15) is 0 Å². The Morgan fingerprint density at radius 1 is 0.854 bits per heavy atom. The normalized spacial score (nSPS) is 12.5. The van der Waals surface area contributed by atoms with Crippen LogP contribution in [0.3, 0.4) is 0 Å². The first-order valence-corrected chi connectivity index (χ1v) is 16.6. The number of ether oxygens (including phenoxy) is 1. The third-order valence-electron chi connectivity index (χ3n) is 7.13. The number of halogens is 3. The Morgan fingerprint density at radius 3 is 1.88 bits per heavy atom. The molecule has 0 saturated heterocycles. The third-order valence-corrected chi connectivity index (χ3v) is 8.10. The molecule has 0 aliphatic carbocycles. The van der Waals surface area contributed by atoms with Gasteiger partial charge in [-0.25, -0.2) is 9.36 Å². The van der Waals surface area contributed by atoms with Gasteiger partial charge in [0.25, 0.3) is 11.9 Å². The Morgan fingerprint density at radius 2 is 1.44 bits per heavy atom. The molecule has 0 saturated carbocycles. The van der Waals surface area contributed by atoms with Crippen molar-refractivity contribution >= 4 is 17.0 Å². The largest absolute Gasteiger partial charge is 0.414 e. The molecule has 5 rings (SSSR count). The molecule has 1 radical (unpaired) electrons. The van der Waals surface area contributed by atoms with Crippen LogP contribution in [0.1, 0.15) is 63.9 Å². The molecule has 4 aromatic heterocycles. The molecule has 1 aromatic carbocycles. The maximum absolute atomic E-state index is 12.5. The summed E-state index contributed by atoms with van der Waals surface area (Å²) in [4.78, 5) is 16.8. The van der Waals surface area contributed by atoms with E-state index >= 15 is 0 Å². The van der Waals surface area contributed by atoms with Crippen molar-refractivity contribution in [3.63, 3.8) is 0 Å². The van der Waals surface area contributed by atoms with Crippen LogP contribution >= 0.6 is 11.3 Å². The molecule has 0 aliphatic rings. The van der Waals surface area contributed by atoms with E-state index in [9.17, 15) is 18.3 Å². The molecule has 0 spiro atoms. The molecule has 259 valence electrons. The number of unbranched alkanes of at least 4 members (excludes halogenated alkanes) is 2. The summed E-state index contributed by atoms with van der Waals surface area (Å²) in [5.41, 5.74) is 2.17. The van der Waals surface area contributed by atoms with E-state index in [2.05, 4.69) is 72.9 Å². The van der Waals surface area contributed by atoms with Crippen LogP contribution in [0.4, 0.5) is 18.9 Å². The summed E-state index contributed by atoms with van der Waals surface area (Å²) in [7, 11) is 0. The summed E-state index contributed by atoms with van der Waals surface area (Å²) in [6.45, 7) is 8.09. The van der Waals surface area contributed by atoms with Gasteiger partial charge in [-0.3, -0.25) is 0 Å². The Bertz CT molecular complexity index is 1510. The Labute approximate surface area is 323 Å². The van der Waals surface area contributed by atoms with Crippen molar-refractivity contribution in [2.45, 2.75) is 71.3 Å². The van der Waals surface area contributed by atoms with Crippen molar-refractivity contribution in [1.82, 2.24) is 34.5 Å². The first kappa shape index (κ1) is 39.9. The minimum atomic E-state index is -4.44. The van der Waals surface area contributed by atoms with Crippen molar-refractivity contribution in [2.24, 2.45) is 0 Å². The van der Waals surface area contributed by atoms with Gasteiger partial charge in [-0.15, -0.1) is 11.3 Å². The quantitative estimate of drug-likeness (QED) is 0.116. The molecule has 0 aliphatic heterocycles. The van der Waals surface area contributed by atoms with E-state index in [1.165, 1.54) is 49.6 Å². The molecule has 5 aromatic rings. The molecule has 48 heavy (non-hydrogen) atoms. The van der Waals surface area contributed by atoms with Gasteiger partial charge in [0.2, 0.25) is 0 Å². The van der Waals surface area contributed by atoms with Gasteiger partial charge < -0.3 is 14.7 Å². The number of anilines is 1. The van der Waals surface area contributed by atoms with Crippen LogP contribution in [-0.4, -0.2) is 71.6 Å². The first-order valence-electron chi connectivity index (χ1n) is 15.7. The molecule has 1 N–H and O–H groups in total. The van der Waals surface area contributed by atoms with E-state index in [1.807, 2.05) is 24.5 Å². The minimum absolute atomic E-state index is 0. The zero-order chi connectivity index (χ0) is 33.6. The van der Waals surface area contributed by atoms with Crippen LogP contribution in [0.25, 0.3) is 23.3 Å². The number of aromatic nitrogens is 7. The van der Waals surface area contributed by atoms with Crippen molar-refractivity contribution in [1.29, 1.82) is 0 Å². The zero-order valence-electron chi connectivity index (χ0n) is 27.2. The Hall–Kier alpha value is -2.56. The second-order valence-electron chi connectivity index (χ2n) is 10.7. The van der Waals surface area contributed by atoms with Crippen LogP contribution in [0.15, 0.2) is 78.7 Å². The van der Waals surface area contributed by atoms with E-state index in [4.69, 9.17) is 0 Å². The monoisotopic (exact) mass is 823 g/mol. The Kier molecular flexibility index (Phi) is 16.8. The van der Waals surface area contributed by atoms with Gasteiger partial charge in [-0.1, -0.05) is 32.8 Å². The zero-order valence-corrected chi connectivity index (χ0v) is 30.4. The average molecular weight is 823 g/mol. The summed E-state index contributed by atoms with van der Waals surface area (Å²) in [5.74, 6) is 1.50. The number of alkyl halides is 3. The van der Waals surface area contributed by atoms with Crippen LogP contribution < -0.4 is 4.90 Å². The first-order chi connectivity index (χ1) is 22.7. The smallest absolute Gasteiger partial charge is 0.387 e. The Balaban J connectivity index is 0.000000312. The summed E-state index contributed by atoms with van der Waals surface area (Å²) >= 11 is 1.23. The fourth-order valence-corrected chi connectivity index (χ4v) is 5.37. The molecule has 2 atom stereocenters. The molecular formula is C33H41EuF3N8O2S. The van der Waals surface area contributed by atoms with Crippen LogP contribution in [0.5, 0.6) is 0 Å². The number of nitrogens with zero attached hydrogens (tertiary/aromatic N) is 8. The van der Waals surface area contributed by atoms with Crippen LogP contribution in [-0.2, 0) is 4.74 Å². The SMILES string of the molecule is CCCCN(CCCC)c1ccc(-c2nc(-n3cccn3)nc(-n3cccn3)n2)cc1.CCOC(CC(O)c1cccs1)C(F)(F)F.[Eu]. The number of aliphatic hydroxyl groups is 1. The van der Waals surface area contributed by atoms with E-state index in [0.29, 0.717) is 22.6 Å². The fourth-order valence-electron chi connectivity index (χ4n) is 4.65. The number of aliphatic hydroxyl groups excluding tert-OH is 1. The summed E-state index contributed by atoms with van der Waals surface area (Å²) in [6, 6.07) is 15.4. The van der Waals surface area contributed by atoms with E-state index in [1.54, 1.807) is 39.3 Å². The van der Waals surface area contributed by atoms with Crippen LogP contribution in [0, 0.1) is 49.4 Å². The summed E-state index contributed by atoms with van der Waals surface area (Å²) in [6.07, 6.45) is 3.87. The molecule has 2 unspecified atom stereocenters. The maximum Gasteiger partial charge on any atom is 0.414 e. The molecular weight excluding hydrogens is 781 g/mol. The van der Waals surface area contributed by atoms with Gasteiger partial charge in [-0.05, 0) is 67.6 Å². The van der Waals surface area contributed by atoms with E-state index in [-0.39, 0.29) is 56.0 Å². The average Bonchev–Trinajstić information content (AvgIpc) is 3.89. The number of rotatable bonds is 15. The summed E-state index contributed by atoms with van der Waals surface area (Å²) < 4.78 is 45.3. The van der Waals surface area contributed by atoms with Crippen molar-refractivity contribution < 1.29 is 72.4 Å². The molecule has 0 bridgehead atoms. The topological polar surface area (TPSA) is 107 Å². The maximum atomic E-state index is 12.5. The van der Waals surface area contributed by atoms with Crippen LogP contribution in [0.2, 0.25) is 0 Å². The minimum Gasteiger partial charge on any atom is -0.387 e. The van der Waals surface area contributed by atoms with E-state index < -0.39 is 24.8 Å². The third kappa shape index (κ3) is 11.8. The van der Waals surface area contributed by atoms with Gasteiger partial charge in [0.05, 0.1) is 6.10 Å². The molecule has 15 heteroatoms. The number of hydrogen-bond donors (Lipinski definition) is 1. The second kappa shape index (κ2) is 20.2. The summed E-state index contributed by atoms with van der Waals surface area (Å²) in [5, 5.41) is 19.8. The molecule has 4 heterocycles.